The highest BCUT2D eigenvalue weighted by Crippen LogP contribution is 1.92. The van der Waals surface area contributed by atoms with Crippen molar-refractivity contribution in [3.8, 4) is 0 Å². The monoisotopic (exact) mass is 123 g/mol. The Morgan fingerprint density at radius 3 is 2.78 bits per heavy atom. The molecule has 0 heterocycles. The summed E-state index contributed by atoms with van der Waals surface area (Å²) in [4.78, 5) is 4.03. The third-order valence-corrected chi connectivity index (χ3v) is 0.799. The highest BCUT2D eigenvalue weighted by Gasteiger charge is 1.75. The second kappa shape index (κ2) is 5.29. The topological polar surface area (TPSA) is 12.4 Å². The van der Waals surface area contributed by atoms with Crippen LogP contribution in [-0.4, -0.2) is 6.21 Å². The summed E-state index contributed by atoms with van der Waals surface area (Å²) in [5, 5.41) is 0. The lowest BCUT2D eigenvalue weighted by Crippen LogP contribution is -1.70. The third kappa shape index (κ3) is 5.01. The van der Waals surface area contributed by atoms with Crippen LogP contribution in [0.3, 0.4) is 0 Å². The molecule has 0 saturated carbocycles. The van der Waals surface area contributed by atoms with Crippen molar-refractivity contribution < 1.29 is 0 Å². The van der Waals surface area contributed by atoms with Gasteiger partial charge in [-0.1, -0.05) is 19.6 Å². The van der Waals surface area contributed by atoms with Crippen LogP contribution in [0.25, 0.3) is 0 Å². The molecule has 0 radical (unpaired) electrons. The highest BCUT2D eigenvalue weighted by molar-refractivity contribution is 5.58. The van der Waals surface area contributed by atoms with E-state index in [1.807, 2.05) is 32.2 Å². The first-order valence-corrected chi connectivity index (χ1v) is 3.15. The molecule has 0 aliphatic heterocycles. The van der Waals surface area contributed by atoms with E-state index in [0.29, 0.717) is 0 Å². The van der Waals surface area contributed by atoms with Crippen LogP contribution in [0, 0.1) is 0 Å². The van der Waals surface area contributed by atoms with E-state index < -0.39 is 0 Å². The molecule has 0 aromatic heterocycles. The van der Waals surface area contributed by atoms with Crippen LogP contribution in [0.4, 0.5) is 0 Å². The van der Waals surface area contributed by atoms with Crippen molar-refractivity contribution in [2.75, 3.05) is 0 Å². The van der Waals surface area contributed by atoms with Crippen molar-refractivity contribution in [1.29, 1.82) is 0 Å². The number of rotatable bonds is 3. The van der Waals surface area contributed by atoms with Crippen molar-refractivity contribution in [2.24, 2.45) is 4.99 Å². The van der Waals surface area contributed by atoms with Gasteiger partial charge in [0, 0.05) is 6.21 Å². The van der Waals surface area contributed by atoms with E-state index in [4.69, 9.17) is 0 Å². The van der Waals surface area contributed by atoms with Gasteiger partial charge in [-0.2, -0.15) is 0 Å². The van der Waals surface area contributed by atoms with E-state index in [-0.39, 0.29) is 0 Å². The van der Waals surface area contributed by atoms with E-state index in [1.54, 1.807) is 0 Å². The Kier molecular flexibility index (Phi) is 4.79. The van der Waals surface area contributed by atoms with Crippen molar-refractivity contribution in [3.05, 3.63) is 24.4 Å². The molecule has 50 valence electrons. The Morgan fingerprint density at radius 1 is 1.67 bits per heavy atom. The Labute approximate surface area is 56.8 Å². The fourth-order valence-corrected chi connectivity index (χ4v) is 0.444. The first-order valence-electron chi connectivity index (χ1n) is 3.15. The molecule has 0 amide bonds. The Hall–Kier alpha value is -0.850. The summed E-state index contributed by atoms with van der Waals surface area (Å²) < 4.78 is 0. The third-order valence-electron chi connectivity index (χ3n) is 0.799. The van der Waals surface area contributed by atoms with Crippen molar-refractivity contribution in [2.45, 2.75) is 20.3 Å². The number of allylic oxidation sites excluding steroid dienone is 2. The Morgan fingerprint density at radius 2 is 2.33 bits per heavy atom. The van der Waals surface area contributed by atoms with Gasteiger partial charge in [-0.3, -0.25) is 4.99 Å². The normalized spacial score (nSPS) is 11.3. The van der Waals surface area contributed by atoms with Gasteiger partial charge in [0.05, 0.1) is 5.70 Å². The molecular formula is C8H13N. The number of hydrogen-bond acceptors (Lipinski definition) is 1. The quantitative estimate of drug-likeness (QED) is 0.404. The molecule has 0 bridgehead atoms. The lowest BCUT2D eigenvalue weighted by Gasteiger charge is -1.84. The van der Waals surface area contributed by atoms with Crippen LogP contribution >= 0.6 is 0 Å². The van der Waals surface area contributed by atoms with E-state index in [2.05, 4.69) is 11.6 Å². The van der Waals surface area contributed by atoms with Crippen molar-refractivity contribution >= 4 is 6.21 Å². The summed E-state index contributed by atoms with van der Waals surface area (Å²) in [5.41, 5.74) is 0.819. The highest BCUT2D eigenvalue weighted by atomic mass is 14.7. The maximum Gasteiger partial charge on any atom is 0.0550 e. The first kappa shape index (κ1) is 8.15. The van der Waals surface area contributed by atoms with Gasteiger partial charge >= 0.3 is 0 Å². The minimum absolute atomic E-state index is 0.819. The standard InChI is InChI=1S/C8H13N/c1-4-6-8(3)9-7-5-2/h4,6-7H,3,5H2,1-2H3/b6-4-,9-7?. The van der Waals surface area contributed by atoms with E-state index in [1.165, 1.54) is 0 Å². The lowest BCUT2D eigenvalue weighted by atomic mass is 10.4. The molecule has 0 rings (SSSR count). The molecule has 0 unspecified atom stereocenters. The molecule has 0 aliphatic rings. The average Bonchev–Trinajstić information content (AvgIpc) is 1.85. The zero-order chi connectivity index (χ0) is 7.11. The van der Waals surface area contributed by atoms with Crippen LogP contribution in [0.1, 0.15) is 20.3 Å². The summed E-state index contributed by atoms with van der Waals surface area (Å²) in [6.45, 7) is 7.70. The van der Waals surface area contributed by atoms with Gasteiger partial charge in [0.25, 0.3) is 0 Å². The van der Waals surface area contributed by atoms with E-state index in [9.17, 15) is 0 Å². The molecule has 1 heteroatoms. The number of hydrogen-bond donors (Lipinski definition) is 0. The van der Waals surface area contributed by atoms with Crippen molar-refractivity contribution in [1.82, 2.24) is 0 Å². The van der Waals surface area contributed by atoms with Crippen molar-refractivity contribution in [3.63, 3.8) is 0 Å². The van der Waals surface area contributed by atoms with Gasteiger partial charge in [0.15, 0.2) is 0 Å². The smallest absolute Gasteiger partial charge is 0.0550 e. The second-order valence-corrected chi connectivity index (χ2v) is 1.71. The van der Waals surface area contributed by atoms with Gasteiger partial charge in [0.2, 0.25) is 0 Å². The lowest BCUT2D eigenvalue weighted by molar-refractivity contribution is 1.29. The summed E-state index contributed by atoms with van der Waals surface area (Å²) in [6.07, 6.45) is 6.63. The molecule has 0 fully saturated rings. The summed E-state index contributed by atoms with van der Waals surface area (Å²) >= 11 is 0. The predicted molar refractivity (Wildman–Crippen MR) is 42.7 cm³/mol. The summed E-state index contributed by atoms with van der Waals surface area (Å²) in [6, 6.07) is 0. The number of nitrogens with zero attached hydrogens (tertiary/aromatic N) is 1. The van der Waals surface area contributed by atoms with Crippen LogP contribution < -0.4 is 0 Å². The van der Waals surface area contributed by atoms with Crippen LogP contribution in [0.2, 0.25) is 0 Å². The fraction of sp³-hybridized carbons (Fsp3) is 0.375. The molecule has 0 atom stereocenters. The van der Waals surface area contributed by atoms with Gasteiger partial charge in [-0.15, -0.1) is 0 Å². The summed E-state index contributed by atoms with van der Waals surface area (Å²) in [7, 11) is 0. The van der Waals surface area contributed by atoms with Crippen LogP contribution in [-0.2, 0) is 0 Å². The van der Waals surface area contributed by atoms with Gasteiger partial charge in [-0.05, 0) is 19.4 Å². The SMILES string of the molecule is C=C(/C=C\C)N=CCC. The molecular weight excluding hydrogens is 110 g/mol. The Balaban J connectivity index is 3.63. The predicted octanol–water partition coefficient (Wildman–Crippen LogP) is 2.56. The van der Waals surface area contributed by atoms with E-state index >= 15 is 0 Å². The first-order chi connectivity index (χ1) is 4.31. The minimum Gasteiger partial charge on any atom is -0.262 e. The van der Waals surface area contributed by atoms with Crippen LogP contribution in [0.5, 0.6) is 0 Å². The number of aliphatic imine (C=N–C) groups is 1. The molecule has 0 spiro atoms. The molecule has 0 saturated heterocycles. The van der Waals surface area contributed by atoms with Gasteiger partial charge in [0.1, 0.15) is 0 Å². The maximum atomic E-state index is 4.03. The minimum atomic E-state index is 0.819. The Bertz CT molecular complexity index is 132. The second-order valence-electron chi connectivity index (χ2n) is 1.71. The molecule has 0 N–H and O–H groups in total. The summed E-state index contributed by atoms with van der Waals surface area (Å²) in [5.74, 6) is 0. The maximum absolute atomic E-state index is 4.03. The zero-order valence-corrected chi connectivity index (χ0v) is 6.09. The zero-order valence-electron chi connectivity index (χ0n) is 6.09. The average molecular weight is 123 g/mol. The van der Waals surface area contributed by atoms with Gasteiger partial charge in [-0.25, -0.2) is 0 Å². The molecule has 9 heavy (non-hydrogen) atoms. The molecule has 1 nitrogen and oxygen atoms in total. The van der Waals surface area contributed by atoms with E-state index in [0.717, 1.165) is 12.1 Å². The largest absolute Gasteiger partial charge is 0.262 e. The molecule has 0 aliphatic carbocycles. The van der Waals surface area contributed by atoms with Gasteiger partial charge < -0.3 is 0 Å². The van der Waals surface area contributed by atoms with Crippen LogP contribution in [0.15, 0.2) is 29.4 Å². The molecule has 0 aromatic carbocycles. The fourth-order valence-electron chi connectivity index (χ4n) is 0.444. The molecule has 0 aromatic rings.